The smallest absolute Gasteiger partial charge is 0.191 e. The zero-order chi connectivity index (χ0) is 13.9. The van der Waals surface area contributed by atoms with Crippen molar-refractivity contribution in [1.82, 2.24) is 10.6 Å². The van der Waals surface area contributed by atoms with Gasteiger partial charge in [-0.2, -0.15) is 11.8 Å². The highest BCUT2D eigenvalue weighted by Gasteiger charge is 2.07. The molecule has 0 radical (unpaired) electrons. The van der Waals surface area contributed by atoms with Crippen LogP contribution in [0.25, 0.3) is 0 Å². The number of hydrogen-bond acceptors (Lipinski definition) is 3. The fraction of sp³-hybridized carbons (Fsp3) is 0.500. The maximum absolute atomic E-state index is 4.23. The molecule has 0 saturated carbocycles. The van der Waals surface area contributed by atoms with E-state index in [1.807, 2.05) is 24.9 Å². The third kappa shape index (κ3) is 6.68. The van der Waals surface area contributed by atoms with Gasteiger partial charge in [-0.1, -0.05) is 19.1 Å². The van der Waals surface area contributed by atoms with Crippen LogP contribution < -0.4 is 10.6 Å². The molecule has 0 aliphatic rings. The van der Waals surface area contributed by atoms with Gasteiger partial charge < -0.3 is 10.6 Å². The zero-order valence-corrected chi connectivity index (χ0v) is 13.3. The predicted octanol–water partition coefficient (Wildman–Crippen LogP) is 2.94. The van der Waals surface area contributed by atoms with E-state index in [0.717, 1.165) is 30.6 Å². The summed E-state index contributed by atoms with van der Waals surface area (Å²) in [5.41, 5.74) is 0. The third-order valence-corrected chi connectivity index (χ3v) is 4.67. The van der Waals surface area contributed by atoms with Gasteiger partial charge in [-0.15, -0.1) is 17.9 Å². The van der Waals surface area contributed by atoms with Gasteiger partial charge in [0.05, 0.1) is 0 Å². The molecule has 2 N–H and O–H groups in total. The van der Waals surface area contributed by atoms with E-state index < -0.39 is 0 Å². The zero-order valence-electron chi connectivity index (χ0n) is 11.7. The van der Waals surface area contributed by atoms with Crippen LogP contribution in [0.15, 0.2) is 35.2 Å². The molecule has 0 saturated heterocycles. The van der Waals surface area contributed by atoms with Crippen LogP contribution in [-0.4, -0.2) is 37.6 Å². The number of nitrogens with one attached hydrogen (secondary N) is 2. The Balaban J connectivity index is 2.20. The summed E-state index contributed by atoms with van der Waals surface area (Å²) >= 11 is 3.67. The first kappa shape index (κ1) is 16.1. The Bertz CT molecular complexity index is 374. The molecule has 1 heterocycles. The molecule has 0 spiro atoms. The van der Waals surface area contributed by atoms with Crippen LogP contribution in [-0.2, 0) is 0 Å². The van der Waals surface area contributed by atoms with Gasteiger partial charge in [-0.25, -0.2) is 0 Å². The van der Waals surface area contributed by atoms with Gasteiger partial charge in [-0.05, 0) is 11.4 Å². The lowest BCUT2D eigenvalue weighted by atomic mass is 10.1. The molecule has 0 bridgehead atoms. The van der Waals surface area contributed by atoms with E-state index in [1.54, 1.807) is 11.3 Å². The van der Waals surface area contributed by atoms with Crippen LogP contribution >= 0.6 is 23.1 Å². The van der Waals surface area contributed by atoms with Gasteiger partial charge >= 0.3 is 0 Å². The summed E-state index contributed by atoms with van der Waals surface area (Å²) in [5, 5.41) is 8.80. The number of rotatable bonds is 8. The van der Waals surface area contributed by atoms with E-state index in [2.05, 4.69) is 46.6 Å². The molecule has 0 amide bonds. The standard InChI is InChI=1S/C14H23N3S2/c1-4-8-18-10-7-16-14(15-3)17-11-12(2)13-6-5-9-19-13/h4-6,9,12H,1,7-8,10-11H2,2-3H3,(H2,15,16,17). The summed E-state index contributed by atoms with van der Waals surface area (Å²) in [5.74, 6) is 3.45. The minimum absolute atomic E-state index is 0.508. The molecule has 5 heteroatoms. The van der Waals surface area contributed by atoms with Gasteiger partial charge in [0.25, 0.3) is 0 Å². The Labute approximate surface area is 124 Å². The molecule has 19 heavy (non-hydrogen) atoms. The first-order valence-corrected chi connectivity index (χ1v) is 8.48. The van der Waals surface area contributed by atoms with Gasteiger partial charge in [0.1, 0.15) is 0 Å². The van der Waals surface area contributed by atoms with Crippen molar-refractivity contribution < 1.29 is 0 Å². The molecule has 0 aliphatic carbocycles. The van der Waals surface area contributed by atoms with Crippen LogP contribution in [0.3, 0.4) is 0 Å². The average Bonchev–Trinajstić information content (AvgIpc) is 2.95. The van der Waals surface area contributed by atoms with E-state index in [0.29, 0.717) is 5.92 Å². The molecule has 1 unspecified atom stereocenters. The van der Waals surface area contributed by atoms with Gasteiger partial charge in [-0.3, -0.25) is 4.99 Å². The maximum atomic E-state index is 4.23. The van der Waals surface area contributed by atoms with E-state index in [-0.39, 0.29) is 0 Å². The van der Waals surface area contributed by atoms with E-state index in [9.17, 15) is 0 Å². The minimum atomic E-state index is 0.508. The summed E-state index contributed by atoms with van der Waals surface area (Å²) in [6, 6.07) is 4.28. The van der Waals surface area contributed by atoms with Crippen LogP contribution in [0.4, 0.5) is 0 Å². The molecule has 0 fully saturated rings. The van der Waals surface area contributed by atoms with Crippen molar-refractivity contribution in [3.05, 3.63) is 35.0 Å². The predicted molar refractivity (Wildman–Crippen MR) is 89.6 cm³/mol. The molecule has 1 aromatic heterocycles. The Kier molecular flexibility index (Phi) is 8.41. The summed E-state index contributed by atoms with van der Waals surface area (Å²) in [6.45, 7) is 7.76. The van der Waals surface area contributed by atoms with Crippen molar-refractivity contribution >= 4 is 29.1 Å². The Hall–Kier alpha value is -0.940. The lowest BCUT2D eigenvalue weighted by Gasteiger charge is -2.15. The van der Waals surface area contributed by atoms with Gasteiger partial charge in [0, 0.05) is 42.4 Å². The van der Waals surface area contributed by atoms with Crippen LogP contribution in [0.2, 0.25) is 0 Å². The number of hydrogen-bond donors (Lipinski definition) is 2. The van der Waals surface area contributed by atoms with Crippen molar-refractivity contribution in [2.75, 3.05) is 31.6 Å². The quantitative estimate of drug-likeness (QED) is 0.335. The van der Waals surface area contributed by atoms with Crippen molar-refractivity contribution in [2.24, 2.45) is 4.99 Å². The largest absolute Gasteiger partial charge is 0.356 e. The second kappa shape index (κ2) is 9.92. The SMILES string of the molecule is C=CCSCCNC(=NC)NCC(C)c1cccs1. The first-order chi connectivity index (χ1) is 9.27. The maximum Gasteiger partial charge on any atom is 0.191 e. The van der Waals surface area contributed by atoms with Gasteiger partial charge in [0.2, 0.25) is 0 Å². The highest BCUT2D eigenvalue weighted by molar-refractivity contribution is 7.99. The summed E-state index contributed by atoms with van der Waals surface area (Å²) in [6.07, 6.45) is 1.93. The van der Waals surface area contributed by atoms with Crippen molar-refractivity contribution in [1.29, 1.82) is 0 Å². The molecule has 1 aromatic rings. The summed E-state index contributed by atoms with van der Waals surface area (Å²) in [7, 11) is 1.81. The normalized spacial score (nSPS) is 13.1. The topological polar surface area (TPSA) is 36.4 Å². The van der Waals surface area contributed by atoms with Crippen molar-refractivity contribution in [3.63, 3.8) is 0 Å². The van der Waals surface area contributed by atoms with Crippen molar-refractivity contribution in [3.8, 4) is 0 Å². The van der Waals surface area contributed by atoms with E-state index in [4.69, 9.17) is 0 Å². The number of thioether (sulfide) groups is 1. The molecule has 0 aromatic carbocycles. The van der Waals surface area contributed by atoms with Crippen LogP contribution in [0.1, 0.15) is 17.7 Å². The molecule has 106 valence electrons. The fourth-order valence-electron chi connectivity index (χ4n) is 1.55. The molecular weight excluding hydrogens is 274 g/mol. The lowest BCUT2D eigenvalue weighted by Crippen LogP contribution is -2.39. The second-order valence-electron chi connectivity index (χ2n) is 4.16. The molecule has 0 aliphatic heterocycles. The second-order valence-corrected chi connectivity index (χ2v) is 6.29. The monoisotopic (exact) mass is 297 g/mol. The average molecular weight is 297 g/mol. The Morgan fingerprint density at radius 1 is 1.58 bits per heavy atom. The van der Waals surface area contributed by atoms with Gasteiger partial charge in [0.15, 0.2) is 5.96 Å². The summed E-state index contributed by atoms with van der Waals surface area (Å²) in [4.78, 5) is 5.63. The Morgan fingerprint density at radius 2 is 2.42 bits per heavy atom. The lowest BCUT2D eigenvalue weighted by molar-refractivity contribution is 0.713. The van der Waals surface area contributed by atoms with Crippen molar-refractivity contribution in [2.45, 2.75) is 12.8 Å². The highest BCUT2D eigenvalue weighted by atomic mass is 32.2. The number of guanidine groups is 1. The molecule has 1 rings (SSSR count). The van der Waals surface area contributed by atoms with Crippen LogP contribution in [0.5, 0.6) is 0 Å². The fourth-order valence-corrected chi connectivity index (χ4v) is 2.92. The van der Waals surface area contributed by atoms with Crippen LogP contribution in [0, 0.1) is 0 Å². The minimum Gasteiger partial charge on any atom is -0.356 e. The molecule has 3 nitrogen and oxygen atoms in total. The number of nitrogens with zero attached hydrogens (tertiary/aromatic N) is 1. The Morgan fingerprint density at radius 3 is 3.05 bits per heavy atom. The third-order valence-electron chi connectivity index (χ3n) is 2.60. The molecular formula is C14H23N3S2. The van der Waals surface area contributed by atoms with E-state index in [1.165, 1.54) is 4.88 Å². The van der Waals surface area contributed by atoms with E-state index >= 15 is 0 Å². The highest BCUT2D eigenvalue weighted by Crippen LogP contribution is 2.19. The molecule has 1 atom stereocenters. The number of thiophene rings is 1. The first-order valence-electron chi connectivity index (χ1n) is 6.44. The summed E-state index contributed by atoms with van der Waals surface area (Å²) < 4.78 is 0. The number of aliphatic imine (C=N–C) groups is 1.